The van der Waals surface area contributed by atoms with Crippen molar-refractivity contribution < 1.29 is 19.4 Å². The lowest BCUT2D eigenvalue weighted by Crippen LogP contribution is -2.39. The Labute approximate surface area is 202 Å². The fraction of sp³-hybridized carbons (Fsp3) is 0.464. The van der Waals surface area contributed by atoms with E-state index in [9.17, 15) is 9.90 Å². The molecule has 1 N–H and O–H groups in total. The van der Waals surface area contributed by atoms with Gasteiger partial charge >= 0.3 is 5.97 Å². The average Bonchev–Trinajstić information content (AvgIpc) is 3.28. The number of methoxy groups -OCH3 is 1. The maximum absolute atomic E-state index is 11.4. The van der Waals surface area contributed by atoms with Crippen molar-refractivity contribution in [1.82, 2.24) is 9.47 Å². The molecule has 0 aliphatic carbocycles. The van der Waals surface area contributed by atoms with Crippen LogP contribution in [0, 0.1) is 6.92 Å². The molecule has 1 fully saturated rings. The van der Waals surface area contributed by atoms with E-state index in [1.54, 1.807) is 19.2 Å². The average molecular weight is 465 g/mol. The number of hydrogen-bond acceptors (Lipinski definition) is 4. The highest BCUT2D eigenvalue weighted by Crippen LogP contribution is 2.39. The molecule has 6 nitrogen and oxygen atoms in total. The fourth-order valence-corrected chi connectivity index (χ4v) is 5.32. The van der Waals surface area contributed by atoms with E-state index >= 15 is 0 Å². The third-order valence-electron chi connectivity index (χ3n) is 7.01. The summed E-state index contributed by atoms with van der Waals surface area (Å²) in [6.07, 6.45) is 4.23. The van der Waals surface area contributed by atoms with Crippen LogP contribution in [0.1, 0.15) is 72.7 Å². The Morgan fingerprint density at radius 1 is 1.21 bits per heavy atom. The number of aryl methyl sites for hydroxylation is 1. The second-order valence-corrected chi connectivity index (χ2v) is 9.47. The molecule has 1 aromatic heterocycles. The van der Waals surface area contributed by atoms with E-state index in [1.807, 2.05) is 19.1 Å². The number of benzene rings is 2. The number of likely N-dealkylation sites (tertiary alicyclic amines) is 1. The SMILES string of the molecule is CCO[C@H]1CCN(Cc2c(OC)cc(C)c3c2ccn3C(C)C)[C@H](c2ccc(C(=O)O)cc2)C1. The van der Waals surface area contributed by atoms with Gasteiger partial charge in [0.15, 0.2) is 0 Å². The van der Waals surface area contributed by atoms with Crippen molar-refractivity contribution in [3.8, 4) is 5.75 Å². The van der Waals surface area contributed by atoms with Gasteiger partial charge in [0.1, 0.15) is 5.75 Å². The van der Waals surface area contributed by atoms with Gasteiger partial charge in [-0.2, -0.15) is 0 Å². The van der Waals surface area contributed by atoms with Gasteiger partial charge in [-0.15, -0.1) is 0 Å². The molecule has 182 valence electrons. The van der Waals surface area contributed by atoms with Gasteiger partial charge in [0.25, 0.3) is 0 Å². The smallest absolute Gasteiger partial charge is 0.335 e. The maximum atomic E-state index is 11.4. The lowest BCUT2D eigenvalue weighted by Gasteiger charge is -2.40. The first-order valence-corrected chi connectivity index (χ1v) is 12.2. The second-order valence-electron chi connectivity index (χ2n) is 9.47. The first-order valence-electron chi connectivity index (χ1n) is 12.2. The zero-order valence-corrected chi connectivity index (χ0v) is 20.9. The van der Waals surface area contributed by atoms with E-state index in [4.69, 9.17) is 9.47 Å². The van der Waals surface area contributed by atoms with E-state index in [-0.39, 0.29) is 12.1 Å². The molecule has 3 aromatic rings. The van der Waals surface area contributed by atoms with Crippen molar-refractivity contribution in [2.45, 2.75) is 65.3 Å². The molecule has 2 heterocycles. The highest BCUT2D eigenvalue weighted by molar-refractivity contribution is 5.89. The van der Waals surface area contributed by atoms with Gasteiger partial charge in [-0.25, -0.2) is 4.79 Å². The van der Waals surface area contributed by atoms with E-state index < -0.39 is 5.97 Å². The number of carboxylic acids is 1. The van der Waals surface area contributed by atoms with E-state index in [1.165, 1.54) is 22.0 Å². The third-order valence-corrected chi connectivity index (χ3v) is 7.01. The van der Waals surface area contributed by atoms with Gasteiger partial charge in [-0.1, -0.05) is 12.1 Å². The Balaban J connectivity index is 1.73. The summed E-state index contributed by atoms with van der Waals surface area (Å²) in [5, 5.41) is 10.6. The molecule has 1 aliphatic heterocycles. The Morgan fingerprint density at radius 2 is 1.94 bits per heavy atom. The van der Waals surface area contributed by atoms with Gasteiger partial charge in [-0.3, -0.25) is 4.90 Å². The van der Waals surface area contributed by atoms with E-state index in [0.29, 0.717) is 18.2 Å². The summed E-state index contributed by atoms with van der Waals surface area (Å²) in [4.78, 5) is 13.8. The monoisotopic (exact) mass is 464 g/mol. The van der Waals surface area contributed by atoms with Crippen molar-refractivity contribution in [2.75, 3.05) is 20.3 Å². The molecule has 34 heavy (non-hydrogen) atoms. The summed E-state index contributed by atoms with van der Waals surface area (Å²) >= 11 is 0. The number of rotatable bonds is 8. The summed E-state index contributed by atoms with van der Waals surface area (Å²) in [5.41, 5.74) is 5.10. The van der Waals surface area contributed by atoms with Gasteiger partial charge < -0.3 is 19.1 Å². The minimum atomic E-state index is -0.902. The van der Waals surface area contributed by atoms with Crippen LogP contribution in [0.15, 0.2) is 42.6 Å². The highest BCUT2D eigenvalue weighted by atomic mass is 16.5. The predicted molar refractivity (Wildman–Crippen MR) is 135 cm³/mol. The van der Waals surface area contributed by atoms with Gasteiger partial charge in [0.2, 0.25) is 0 Å². The van der Waals surface area contributed by atoms with Crippen LogP contribution >= 0.6 is 0 Å². The Bertz CT molecular complexity index is 1150. The van der Waals surface area contributed by atoms with E-state index in [0.717, 1.165) is 37.2 Å². The zero-order chi connectivity index (χ0) is 24.4. The fourth-order valence-electron chi connectivity index (χ4n) is 5.32. The molecule has 0 radical (unpaired) electrons. The molecular weight excluding hydrogens is 428 g/mol. The highest BCUT2D eigenvalue weighted by Gasteiger charge is 2.31. The van der Waals surface area contributed by atoms with Crippen LogP contribution in [-0.4, -0.2) is 46.9 Å². The molecule has 0 spiro atoms. The lowest BCUT2D eigenvalue weighted by molar-refractivity contribution is -0.0138. The van der Waals surface area contributed by atoms with Gasteiger partial charge in [0, 0.05) is 48.9 Å². The molecule has 0 bridgehead atoms. The van der Waals surface area contributed by atoms with E-state index in [2.05, 4.69) is 48.6 Å². The Kier molecular flexibility index (Phi) is 7.29. The molecule has 0 saturated carbocycles. The first-order chi connectivity index (χ1) is 16.3. The minimum absolute atomic E-state index is 0.140. The normalized spacial score (nSPS) is 19.1. The summed E-state index contributed by atoms with van der Waals surface area (Å²) in [6.45, 7) is 11.0. The number of aromatic nitrogens is 1. The Hall–Kier alpha value is -2.83. The molecule has 4 rings (SSSR count). The second kappa shape index (κ2) is 10.2. The topological polar surface area (TPSA) is 63.9 Å². The number of nitrogens with zero attached hydrogens (tertiary/aromatic N) is 2. The van der Waals surface area contributed by atoms with Gasteiger partial charge in [-0.05, 0) is 75.9 Å². The van der Waals surface area contributed by atoms with Crippen LogP contribution in [0.25, 0.3) is 10.9 Å². The quantitative estimate of drug-likeness (QED) is 0.444. The largest absolute Gasteiger partial charge is 0.496 e. The third kappa shape index (κ3) is 4.70. The van der Waals surface area contributed by atoms with Crippen molar-refractivity contribution >= 4 is 16.9 Å². The molecule has 0 unspecified atom stereocenters. The van der Waals surface area contributed by atoms with Crippen LogP contribution < -0.4 is 4.74 Å². The molecule has 6 heteroatoms. The molecule has 1 aliphatic rings. The number of piperidine rings is 1. The summed E-state index contributed by atoms with van der Waals surface area (Å²) < 4.78 is 14.2. The Morgan fingerprint density at radius 3 is 2.56 bits per heavy atom. The standard InChI is InChI=1S/C28H36N2O4/c1-6-34-22-11-13-29(25(16-22)20-7-9-21(10-8-20)28(31)32)17-24-23-12-14-30(18(2)3)27(23)19(4)15-26(24)33-5/h7-10,12,14-15,18,22,25H,6,11,13,16-17H2,1-5H3,(H,31,32)/t22-,25-/m0/s1. The van der Waals surface area contributed by atoms with Crippen LogP contribution in [0.5, 0.6) is 5.75 Å². The molecule has 2 atom stereocenters. The van der Waals surface area contributed by atoms with Crippen molar-refractivity contribution in [3.63, 3.8) is 0 Å². The molecule has 1 saturated heterocycles. The predicted octanol–water partition coefficient (Wildman–Crippen LogP) is 5.98. The van der Waals surface area contributed by atoms with Crippen molar-refractivity contribution in [3.05, 3.63) is 64.8 Å². The van der Waals surface area contributed by atoms with Gasteiger partial charge in [0.05, 0.1) is 24.3 Å². The van der Waals surface area contributed by atoms with Crippen LogP contribution in [0.3, 0.4) is 0 Å². The number of fused-ring (bicyclic) bond motifs is 1. The maximum Gasteiger partial charge on any atom is 0.335 e. The van der Waals surface area contributed by atoms with Crippen LogP contribution in [-0.2, 0) is 11.3 Å². The van der Waals surface area contributed by atoms with Crippen molar-refractivity contribution in [2.24, 2.45) is 0 Å². The number of carboxylic acid groups (broad SMARTS) is 1. The van der Waals surface area contributed by atoms with Crippen LogP contribution in [0.2, 0.25) is 0 Å². The van der Waals surface area contributed by atoms with Crippen LogP contribution in [0.4, 0.5) is 0 Å². The number of carbonyl (C=O) groups is 1. The zero-order valence-electron chi connectivity index (χ0n) is 20.9. The van der Waals surface area contributed by atoms with Crippen molar-refractivity contribution in [1.29, 1.82) is 0 Å². The number of aromatic carboxylic acids is 1. The summed E-state index contributed by atoms with van der Waals surface area (Å²) in [7, 11) is 1.74. The first kappa shape index (κ1) is 24.3. The lowest BCUT2D eigenvalue weighted by atomic mass is 9.91. The molecule has 2 aromatic carbocycles. The summed E-state index contributed by atoms with van der Waals surface area (Å²) in [5.74, 6) is 0.0131. The minimum Gasteiger partial charge on any atom is -0.496 e. The number of hydrogen-bond donors (Lipinski definition) is 1. The summed E-state index contributed by atoms with van der Waals surface area (Å²) in [6, 6.07) is 12.2. The molecule has 0 amide bonds. The number of ether oxygens (including phenoxy) is 2. The molecular formula is C28H36N2O4.